The van der Waals surface area contributed by atoms with Crippen molar-refractivity contribution in [3.05, 3.63) is 35.6 Å². The summed E-state index contributed by atoms with van der Waals surface area (Å²) in [6.07, 6.45) is 0.859. The zero-order chi connectivity index (χ0) is 17.0. The normalized spacial score (nSPS) is 20.8. The van der Waals surface area contributed by atoms with Gasteiger partial charge in [-0.1, -0.05) is 32.9 Å². The third kappa shape index (κ3) is 4.09. The van der Waals surface area contributed by atoms with Gasteiger partial charge in [0.15, 0.2) is 0 Å². The lowest BCUT2D eigenvalue weighted by Crippen LogP contribution is -2.36. The van der Waals surface area contributed by atoms with E-state index in [0.717, 1.165) is 12.0 Å². The molecule has 0 spiro atoms. The maximum atomic E-state index is 13.6. The summed E-state index contributed by atoms with van der Waals surface area (Å²) in [5, 5.41) is 2.91. The number of nitrogens with one attached hydrogen (secondary N) is 1. The fourth-order valence-electron chi connectivity index (χ4n) is 3.07. The Balaban J connectivity index is 2.24. The van der Waals surface area contributed by atoms with Crippen LogP contribution in [0.3, 0.4) is 0 Å². The average molecular weight is 320 g/mol. The molecule has 126 valence electrons. The number of hydrogen-bond donors (Lipinski definition) is 1. The largest absolute Gasteiger partial charge is 0.356 e. The second-order valence-electron chi connectivity index (χ2n) is 6.46. The molecular formula is C18H25FN2O2. The van der Waals surface area contributed by atoms with Crippen molar-refractivity contribution in [1.29, 1.82) is 0 Å². The summed E-state index contributed by atoms with van der Waals surface area (Å²) in [4.78, 5) is 26.5. The topological polar surface area (TPSA) is 49.4 Å². The predicted molar refractivity (Wildman–Crippen MR) is 87.3 cm³/mol. The second-order valence-corrected chi connectivity index (χ2v) is 6.46. The van der Waals surface area contributed by atoms with Crippen molar-refractivity contribution in [1.82, 2.24) is 10.2 Å². The third-order valence-electron chi connectivity index (χ3n) is 4.29. The van der Waals surface area contributed by atoms with Crippen molar-refractivity contribution in [2.24, 2.45) is 11.8 Å². The number of likely N-dealkylation sites (tertiary alicyclic amines) is 1. The van der Waals surface area contributed by atoms with Gasteiger partial charge in [0.2, 0.25) is 11.8 Å². The lowest BCUT2D eigenvalue weighted by Gasteiger charge is -2.18. The van der Waals surface area contributed by atoms with Gasteiger partial charge in [-0.15, -0.1) is 0 Å². The molecule has 0 aliphatic carbocycles. The summed E-state index contributed by atoms with van der Waals surface area (Å²) < 4.78 is 13.6. The zero-order valence-corrected chi connectivity index (χ0v) is 14.0. The van der Waals surface area contributed by atoms with Gasteiger partial charge in [-0.3, -0.25) is 9.59 Å². The van der Waals surface area contributed by atoms with Gasteiger partial charge in [-0.2, -0.15) is 0 Å². The summed E-state index contributed by atoms with van der Waals surface area (Å²) in [6.45, 7) is 7.17. The van der Waals surface area contributed by atoms with Crippen LogP contribution in [-0.2, 0) is 9.59 Å². The Morgan fingerprint density at radius 2 is 2.09 bits per heavy atom. The van der Waals surface area contributed by atoms with Crippen LogP contribution < -0.4 is 5.32 Å². The van der Waals surface area contributed by atoms with Crippen LogP contribution in [0, 0.1) is 17.7 Å². The number of hydrogen-bond acceptors (Lipinski definition) is 2. The van der Waals surface area contributed by atoms with Crippen molar-refractivity contribution in [2.75, 3.05) is 19.6 Å². The quantitative estimate of drug-likeness (QED) is 0.906. The van der Waals surface area contributed by atoms with E-state index in [4.69, 9.17) is 0 Å². The molecular weight excluding hydrogens is 295 g/mol. The molecule has 1 aromatic rings. The minimum absolute atomic E-state index is 0.0391. The van der Waals surface area contributed by atoms with Gasteiger partial charge >= 0.3 is 0 Å². The van der Waals surface area contributed by atoms with Gasteiger partial charge in [-0.05, 0) is 24.1 Å². The Labute approximate surface area is 137 Å². The summed E-state index contributed by atoms with van der Waals surface area (Å²) in [6, 6.07) is 6.34. The lowest BCUT2D eigenvalue weighted by molar-refractivity contribution is -0.133. The van der Waals surface area contributed by atoms with Crippen LogP contribution in [0.5, 0.6) is 0 Å². The Kier molecular flexibility index (Phi) is 5.74. The number of halogens is 1. The van der Waals surface area contributed by atoms with Crippen LogP contribution in [0.25, 0.3) is 0 Å². The molecule has 0 aromatic heterocycles. The van der Waals surface area contributed by atoms with E-state index in [-0.39, 0.29) is 35.4 Å². The third-order valence-corrected chi connectivity index (χ3v) is 4.29. The van der Waals surface area contributed by atoms with Crippen LogP contribution in [0.1, 0.15) is 38.7 Å². The highest BCUT2D eigenvalue weighted by Crippen LogP contribution is 2.34. The monoisotopic (exact) mass is 320 g/mol. The predicted octanol–water partition coefficient (Wildman–Crippen LogP) is 2.55. The van der Waals surface area contributed by atoms with Crippen LogP contribution in [0.4, 0.5) is 4.39 Å². The molecule has 0 bridgehead atoms. The molecule has 1 aliphatic rings. The molecule has 2 rings (SSSR count). The summed E-state index contributed by atoms with van der Waals surface area (Å²) in [5.41, 5.74) is 0.778. The maximum Gasteiger partial charge on any atom is 0.225 e. The fraction of sp³-hybridized carbons (Fsp3) is 0.556. The number of nitrogens with zero attached hydrogens (tertiary/aromatic N) is 1. The van der Waals surface area contributed by atoms with Gasteiger partial charge < -0.3 is 10.2 Å². The van der Waals surface area contributed by atoms with Crippen molar-refractivity contribution < 1.29 is 14.0 Å². The van der Waals surface area contributed by atoms with Crippen molar-refractivity contribution in [3.63, 3.8) is 0 Å². The molecule has 1 saturated heterocycles. The van der Waals surface area contributed by atoms with Crippen LogP contribution >= 0.6 is 0 Å². The zero-order valence-electron chi connectivity index (χ0n) is 14.0. The fourth-order valence-corrected chi connectivity index (χ4v) is 3.07. The highest BCUT2D eigenvalue weighted by molar-refractivity contribution is 5.84. The molecule has 1 aliphatic heterocycles. The molecule has 4 nitrogen and oxygen atoms in total. The number of rotatable bonds is 5. The minimum atomic E-state index is -0.328. The van der Waals surface area contributed by atoms with E-state index in [0.29, 0.717) is 19.6 Å². The first-order chi connectivity index (χ1) is 10.9. The molecule has 1 N–H and O–H groups in total. The standard InChI is InChI=1S/C18H25FN2O2/c1-4-8-20-17(22)16-11-21(18(23)12(2)3)10-15(16)13-6-5-7-14(19)9-13/h5-7,9,12,15-16H,4,8,10-11H2,1-3H3,(H,20,22). The molecule has 23 heavy (non-hydrogen) atoms. The Morgan fingerprint density at radius 3 is 2.70 bits per heavy atom. The van der Waals surface area contributed by atoms with Gasteiger partial charge in [0.1, 0.15) is 5.82 Å². The van der Waals surface area contributed by atoms with E-state index in [1.807, 2.05) is 26.8 Å². The van der Waals surface area contributed by atoms with E-state index in [1.54, 1.807) is 11.0 Å². The first-order valence-corrected chi connectivity index (χ1v) is 8.26. The smallest absolute Gasteiger partial charge is 0.225 e. The highest BCUT2D eigenvalue weighted by Gasteiger charge is 2.40. The molecule has 1 fully saturated rings. The van der Waals surface area contributed by atoms with Crippen molar-refractivity contribution >= 4 is 11.8 Å². The van der Waals surface area contributed by atoms with Gasteiger partial charge in [0.05, 0.1) is 5.92 Å². The molecule has 0 saturated carbocycles. The molecule has 2 atom stereocenters. The average Bonchev–Trinajstić information content (AvgIpc) is 2.97. The molecule has 1 aromatic carbocycles. The summed E-state index contributed by atoms with van der Waals surface area (Å²) in [7, 11) is 0. The SMILES string of the molecule is CCCNC(=O)C1CN(C(=O)C(C)C)CC1c1cccc(F)c1. The van der Waals surface area contributed by atoms with E-state index in [9.17, 15) is 14.0 Å². The maximum absolute atomic E-state index is 13.6. The van der Waals surface area contributed by atoms with E-state index < -0.39 is 0 Å². The Hall–Kier alpha value is -1.91. The number of carbonyl (C=O) groups is 2. The first-order valence-electron chi connectivity index (χ1n) is 8.26. The van der Waals surface area contributed by atoms with E-state index >= 15 is 0 Å². The van der Waals surface area contributed by atoms with Gasteiger partial charge in [0, 0.05) is 31.5 Å². The van der Waals surface area contributed by atoms with E-state index in [2.05, 4.69) is 5.32 Å². The number of benzene rings is 1. The Morgan fingerprint density at radius 1 is 1.35 bits per heavy atom. The second kappa shape index (κ2) is 7.57. The highest BCUT2D eigenvalue weighted by atomic mass is 19.1. The molecule has 2 unspecified atom stereocenters. The van der Waals surface area contributed by atoms with Crippen LogP contribution in [0.2, 0.25) is 0 Å². The molecule has 0 radical (unpaired) electrons. The van der Waals surface area contributed by atoms with Crippen molar-refractivity contribution in [2.45, 2.75) is 33.1 Å². The van der Waals surface area contributed by atoms with Crippen LogP contribution in [-0.4, -0.2) is 36.3 Å². The van der Waals surface area contributed by atoms with Crippen molar-refractivity contribution in [3.8, 4) is 0 Å². The van der Waals surface area contributed by atoms with Gasteiger partial charge in [0.25, 0.3) is 0 Å². The minimum Gasteiger partial charge on any atom is -0.356 e. The summed E-state index contributed by atoms with van der Waals surface area (Å²) in [5.74, 6) is -0.932. The van der Waals surface area contributed by atoms with Gasteiger partial charge in [-0.25, -0.2) is 4.39 Å². The van der Waals surface area contributed by atoms with Crippen LogP contribution in [0.15, 0.2) is 24.3 Å². The number of amides is 2. The molecule has 2 amide bonds. The first kappa shape index (κ1) is 17.4. The summed E-state index contributed by atoms with van der Waals surface area (Å²) >= 11 is 0. The molecule has 5 heteroatoms. The molecule has 1 heterocycles. The Bertz CT molecular complexity index is 574. The van der Waals surface area contributed by atoms with E-state index in [1.165, 1.54) is 12.1 Å². The lowest BCUT2D eigenvalue weighted by atomic mass is 9.88. The number of carbonyl (C=O) groups excluding carboxylic acids is 2.